The first-order chi connectivity index (χ1) is 7.59. The highest BCUT2D eigenvalue weighted by Crippen LogP contribution is 2.27. The maximum Gasteiger partial charge on any atom is 0.0954 e. The summed E-state index contributed by atoms with van der Waals surface area (Å²) in [6.07, 6.45) is 3.71. The zero-order chi connectivity index (χ0) is 11.7. The van der Waals surface area contributed by atoms with Crippen LogP contribution in [-0.4, -0.2) is 9.55 Å². The van der Waals surface area contributed by atoms with E-state index in [1.165, 1.54) is 9.75 Å². The number of nitrogens with two attached hydrogens (primary N) is 1. The van der Waals surface area contributed by atoms with Crippen molar-refractivity contribution in [3.05, 3.63) is 40.1 Å². The quantitative estimate of drug-likeness (QED) is 0.889. The van der Waals surface area contributed by atoms with Crippen LogP contribution in [0.1, 0.15) is 41.4 Å². The summed E-state index contributed by atoms with van der Waals surface area (Å²) in [7, 11) is 0. The molecule has 0 radical (unpaired) electrons. The third-order valence-corrected chi connectivity index (χ3v) is 3.92. The van der Waals surface area contributed by atoms with Crippen LogP contribution in [0, 0.1) is 6.92 Å². The van der Waals surface area contributed by atoms with Crippen molar-refractivity contribution in [2.24, 2.45) is 5.73 Å². The van der Waals surface area contributed by atoms with Gasteiger partial charge in [0.2, 0.25) is 0 Å². The second kappa shape index (κ2) is 4.39. The molecule has 2 rings (SSSR count). The second-order valence-corrected chi connectivity index (χ2v) is 5.46. The van der Waals surface area contributed by atoms with E-state index in [9.17, 15) is 0 Å². The molecular formula is C12H17N3S. The molecule has 0 saturated heterocycles. The van der Waals surface area contributed by atoms with E-state index in [0.29, 0.717) is 6.04 Å². The summed E-state index contributed by atoms with van der Waals surface area (Å²) >= 11 is 1.83. The maximum absolute atomic E-state index is 5.92. The number of hydrogen-bond donors (Lipinski definition) is 1. The third-order valence-electron chi connectivity index (χ3n) is 2.75. The Labute approximate surface area is 99.9 Å². The Morgan fingerprint density at radius 1 is 1.38 bits per heavy atom. The second-order valence-electron chi connectivity index (χ2n) is 4.14. The van der Waals surface area contributed by atoms with Crippen LogP contribution in [0.25, 0.3) is 0 Å². The molecule has 2 atom stereocenters. The number of rotatable bonds is 3. The van der Waals surface area contributed by atoms with Gasteiger partial charge in [-0.1, -0.05) is 0 Å². The van der Waals surface area contributed by atoms with Gasteiger partial charge in [0.1, 0.15) is 0 Å². The van der Waals surface area contributed by atoms with Gasteiger partial charge >= 0.3 is 0 Å². The first-order valence-corrected chi connectivity index (χ1v) is 6.25. The molecule has 2 N–H and O–H groups in total. The number of hydrogen-bond acceptors (Lipinski definition) is 3. The van der Waals surface area contributed by atoms with Crippen molar-refractivity contribution in [1.29, 1.82) is 0 Å². The highest BCUT2D eigenvalue weighted by atomic mass is 32.1. The van der Waals surface area contributed by atoms with Crippen LogP contribution in [-0.2, 0) is 0 Å². The first kappa shape index (κ1) is 11.4. The molecule has 0 fully saturated rings. The minimum atomic E-state index is 0.0195. The summed E-state index contributed by atoms with van der Waals surface area (Å²) in [4.78, 5) is 6.87. The number of aromatic nitrogens is 2. The Morgan fingerprint density at radius 3 is 2.69 bits per heavy atom. The summed E-state index contributed by atoms with van der Waals surface area (Å²) in [5.41, 5.74) is 7.00. The fourth-order valence-corrected chi connectivity index (χ4v) is 2.73. The lowest BCUT2D eigenvalue weighted by atomic mass is 10.2. The molecule has 0 spiro atoms. The summed E-state index contributed by atoms with van der Waals surface area (Å²) in [6.45, 7) is 6.29. The van der Waals surface area contributed by atoms with Crippen molar-refractivity contribution in [3.8, 4) is 0 Å². The van der Waals surface area contributed by atoms with Gasteiger partial charge in [-0.15, -0.1) is 11.3 Å². The molecule has 0 bridgehead atoms. The first-order valence-electron chi connectivity index (χ1n) is 5.43. The highest BCUT2D eigenvalue weighted by molar-refractivity contribution is 7.12. The Kier molecular flexibility index (Phi) is 3.12. The van der Waals surface area contributed by atoms with Crippen LogP contribution < -0.4 is 5.73 Å². The van der Waals surface area contributed by atoms with Gasteiger partial charge in [-0.25, -0.2) is 4.98 Å². The van der Waals surface area contributed by atoms with Crippen LogP contribution >= 0.6 is 11.3 Å². The Hall–Kier alpha value is -1.13. The van der Waals surface area contributed by atoms with Crippen molar-refractivity contribution in [2.45, 2.75) is 32.9 Å². The number of imidazole rings is 1. The summed E-state index contributed by atoms with van der Waals surface area (Å²) in [5, 5.41) is 0. The fourth-order valence-electron chi connectivity index (χ4n) is 1.81. The summed E-state index contributed by atoms with van der Waals surface area (Å²) in [6, 6.07) is 4.66. The average Bonchev–Trinajstić information content (AvgIpc) is 2.84. The largest absolute Gasteiger partial charge is 0.325 e. The van der Waals surface area contributed by atoms with Crippen molar-refractivity contribution in [3.63, 3.8) is 0 Å². The van der Waals surface area contributed by atoms with Crippen molar-refractivity contribution in [1.82, 2.24) is 9.55 Å². The fraction of sp³-hybridized carbons (Fsp3) is 0.417. The van der Waals surface area contributed by atoms with Crippen molar-refractivity contribution >= 4 is 11.3 Å². The van der Waals surface area contributed by atoms with Gasteiger partial charge in [0.05, 0.1) is 18.1 Å². The average molecular weight is 235 g/mol. The molecule has 2 heterocycles. The lowest BCUT2D eigenvalue weighted by Crippen LogP contribution is -2.14. The summed E-state index contributed by atoms with van der Waals surface area (Å²) < 4.78 is 2.15. The lowest BCUT2D eigenvalue weighted by molar-refractivity contribution is 0.589. The molecule has 0 aromatic carbocycles. The minimum absolute atomic E-state index is 0.0195. The Morgan fingerprint density at radius 2 is 2.12 bits per heavy atom. The number of thiophene rings is 1. The van der Waals surface area contributed by atoms with Crippen LogP contribution in [0.3, 0.4) is 0 Å². The zero-order valence-corrected chi connectivity index (χ0v) is 10.7. The van der Waals surface area contributed by atoms with E-state index in [2.05, 4.69) is 35.5 Å². The molecule has 16 heavy (non-hydrogen) atoms. The van der Waals surface area contributed by atoms with E-state index >= 15 is 0 Å². The van der Waals surface area contributed by atoms with Gasteiger partial charge in [-0.2, -0.15) is 0 Å². The van der Waals surface area contributed by atoms with Crippen molar-refractivity contribution < 1.29 is 0 Å². The predicted molar refractivity (Wildman–Crippen MR) is 67.7 cm³/mol. The molecule has 0 aliphatic rings. The number of aryl methyl sites for hydroxylation is 1. The SMILES string of the molecule is Cc1ccc(C(C)n2cncc2[C@@H](C)N)s1. The van der Waals surface area contributed by atoms with Gasteiger partial charge in [0.25, 0.3) is 0 Å². The molecular weight excluding hydrogens is 218 g/mol. The molecule has 1 unspecified atom stereocenters. The van der Waals surface area contributed by atoms with E-state index in [-0.39, 0.29) is 6.04 Å². The molecule has 3 nitrogen and oxygen atoms in total. The molecule has 86 valence electrons. The highest BCUT2D eigenvalue weighted by Gasteiger charge is 2.14. The monoisotopic (exact) mass is 235 g/mol. The van der Waals surface area contributed by atoms with E-state index in [1.54, 1.807) is 0 Å². The zero-order valence-electron chi connectivity index (χ0n) is 9.84. The smallest absolute Gasteiger partial charge is 0.0954 e. The number of nitrogens with zero attached hydrogens (tertiary/aromatic N) is 2. The van der Waals surface area contributed by atoms with E-state index in [1.807, 2.05) is 30.8 Å². The normalized spacial score (nSPS) is 15.0. The standard InChI is InChI=1S/C12H17N3S/c1-8-4-5-12(16-8)10(3)15-7-14-6-11(15)9(2)13/h4-7,9-10H,13H2,1-3H3/t9-,10?/m1/s1. The van der Waals surface area contributed by atoms with Crippen molar-refractivity contribution in [2.75, 3.05) is 0 Å². The Balaban J connectivity index is 2.33. The lowest BCUT2D eigenvalue weighted by Gasteiger charge is -2.17. The topological polar surface area (TPSA) is 43.8 Å². The van der Waals surface area contributed by atoms with Crippen LogP contribution in [0.5, 0.6) is 0 Å². The molecule has 4 heteroatoms. The van der Waals surface area contributed by atoms with Crippen LogP contribution in [0.15, 0.2) is 24.7 Å². The van der Waals surface area contributed by atoms with Crippen LogP contribution in [0.4, 0.5) is 0 Å². The van der Waals surface area contributed by atoms with Gasteiger partial charge in [-0.3, -0.25) is 0 Å². The van der Waals surface area contributed by atoms with E-state index in [4.69, 9.17) is 5.73 Å². The summed E-state index contributed by atoms with van der Waals surface area (Å²) in [5.74, 6) is 0. The maximum atomic E-state index is 5.92. The van der Waals surface area contributed by atoms with Crippen LogP contribution in [0.2, 0.25) is 0 Å². The molecule has 0 aliphatic heterocycles. The molecule has 0 aliphatic carbocycles. The third kappa shape index (κ3) is 2.03. The molecule has 2 aromatic rings. The molecule has 0 amide bonds. The molecule has 0 saturated carbocycles. The Bertz CT molecular complexity index is 470. The van der Waals surface area contributed by atoms with Gasteiger partial charge in [0.15, 0.2) is 0 Å². The predicted octanol–water partition coefficient (Wildman–Crippen LogP) is 2.88. The van der Waals surface area contributed by atoms with Gasteiger partial charge < -0.3 is 10.3 Å². The van der Waals surface area contributed by atoms with Gasteiger partial charge in [-0.05, 0) is 32.9 Å². The molecule has 2 aromatic heterocycles. The minimum Gasteiger partial charge on any atom is -0.325 e. The van der Waals surface area contributed by atoms with E-state index in [0.717, 1.165) is 5.69 Å². The van der Waals surface area contributed by atoms with E-state index < -0.39 is 0 Å². The van der Waals surface area contributed by atoms with Gasteiger partial charge in [0, 0.05) is 22.0 Å².